The fourth-order valence-electron chi connectivity index (χ4n) is 6.93. The molecule has 312 valence electrons. The Balaban J connectivity index is 1.52. The number of benzene rings is 2. The fourth-order valence-corrected chi connectivity index (χ4v) is 7.58. The minimum Gasteiger partial charge on any atom is -0.445 e. The average Bonchev–Trinajstić information content (AvgIpc) is 3.59. The van der Waals surface area contributed by atoms with Gasteiger partial charge in [0.15, 0.2) is 0 Å². The molecule has 3 heterocycles. The van der Waals surface area contributed by atoms with Gasteiger partial charge in [-0.05, 0) is 69.5 Å². The second-order valence-corrected chi connectivity index (χ2v) is 18.1. The third-order valence-corrected chi connectivity index (χ3v) is 10.9. The number of amides is 4. The predicted octanol–water partition coefficient (Wildman–Crippen LogP) is 8.39. The number of anilines is 1. The maximum Gasteiger partial charge on any atom is 0.410 e. The molecule has 18 heteroatoms. The molecule has 5 rings (SSSR count). The van der Waals surface area contributed by atoms with Gasteiger partial charge in [0.05, 0.1) is 12.6 Å². The van der Waals surface area contributed by atoms with Crippen LogP contribution in [0.5, 0.6) is 0 Å². The van der Waals surface area contributed by atoms with Crippen LogP contribution in [0.15, 0.2) is 84.0 Å². The van der Waals surface area contributed by atoms with Crippen molar-refractivity contribution in [2.45, 2.75) is 82.2 Å². The highest BCUT2D eigenvalue weighted by molar-refractivity contribution is 8.45. The highest BCUT2D eigenvalue weighted by Gasteiger charge is 2.65. The van der Waals surface area contributed by atoms with Crippen LogP contribution in [0.25, 0.3) is 0 Å². The summed E-state index contributed by atoms with van der Waals surface area (Å²) in [5.74, 6) is -1.71. The van der Waals surface area contributed by atoms with Crippen LogP contribution in [0.4, 0.5) is 34.7 Å². The summed E-state index contributed by atoms with van der Waals surface area (Å²) < 4.78 is 85.9. The van der Waals surface area contributed by atoms with E-state index >= 15 is 0 Å². The lowest BCUT2D eigenvalue weighted by Crippen LogP contribution is -2.54. The Bertz CT molecular complexity index is 1920. The zero-order valence-corrected chi connectivity index (χ0v) is 33.2. The lowest BCUT2D eigenvalue weighted by atomic mass is 9.82. The molecule has 0 saturated carbocycles. The van der Waals surface area contributed by atoms with Gasteiger partial charge in [0.1, 0.15) is 29.2 Å². The van der Waals surface area contributed by atoms with Crippen molar-refractivity contribution >= 4 is 39.9 Å². The summed E-state index contributed by atoms with van der Waals surface area (Å²) in [6.07, 6.45) is 1.72. The van der Waals surface area contributed by atoms with E-state index in [0.717, 1.165) is 9.80 Å². The molecule has 2 saturated heterocycles. The van der Waals surface area contributed by atoms with Crippen molar-refractivity contribution in [3.05, 3.63) is 90.3 Å². The molecule has 2 unspecified atom stereocenters. The number of hydrogen-bond acceptors (Lipinski definition) is 8. The van der Waals surface area contributed by atoms with Gasteiger partial charge in [-0.25, -0.2) is 9.59 Å². The van der Waals surface area contributed by atoms with Gasteiger partial charge in [-0.3, -0.25) is 24.4 Å². The van der Waals surface area contributed by atoms with Crippen LogP contribution < -0.4 is 10.2 Å². The first-order chi connectivity index (χ1) is 26.5. The SMILES string of the molecule is CO[C@@H]1C[C@H](C(=O)N(c2ccc(S(F)(F)(F)(F)F)cc2)C(C(=O)NCC2(C)CCCN(C(=O)OC(C)(C)C)C2)c2cccnc2)N(C(=O)OCc2ccccc2)C1. The van der Waals surface area contributed by atoms with Gasteiger partial charge in [-0.15, -0.1) is 0 Å². The van der Waals surface area contributed by atoms with E-state index in [1.54, 1.807) is 56.0 Å². The quantitative estimate of drug-likeness (QED) is 0.191. The molecule has 0 radical (unpaired) electrons. The van der Waals surface area contributed by atoms with Gasteiger partial charge in [0, 0.05) is 62.2 Å². The first-order valence-corrected chi connectivity index (χ1v) is 20.2. The molecule has 1 N–H and O–H groups in total. The molecule has 2 aliphatic rings. The van der Waals surface area contributed by atoms with Gasteiger partial charge in [0.2, 0.25) is 5.91 Å². The largest absolute Gasteiger partial charge is 0.445 e. The number of ether oxygens (including phenoxy) is 3. The van der Waals surface area contributed by atoms with Crippen LogP contribution in [0.1, 0.15) is 64.1 Å². The average molecular weight is 826 g/mol. The Morgan fingerprint density at radius 3 is 2.26 bits per heavy atom. The van der Waals surface area contributed by atoms with Crippen LogP contribution in [0.3, 0.4) is 0 Å². The summed E-state index contributed by atoms with van der Waals surface area (Å²) in [4.78, 5) is 61.4. The van der Waals surface area contributed by atoms with E-state index in [1.165, 1.54) is 31.6 Å². The smallest absolute Gasteiger partial charge is 0.410 e. The molecule has 57 heavy (non-hydrogen) atoms. The summed E-state index contributed by atoms with van der Waals surface area (Å²) in [6, 6.07) is 10.4. The van der Waals surface area contributed by atoms with E-state index in [1.807, 2.05) is 6.92 Å². The van der Waals surface area contributed by atoms with Crippen LogP contribution in [-0.2, 0) is 30.4 Å². The minimum atomic E-state index is -10.1. The van der Waals surface area contributed by atoms with E-state index in [9.17, 15) is 38.6 Å². The Morgan fingerprint density at radius 2 is 1.67 bits per heavy atom. The summed E-state index contributed by atoms with van der Waals surface area (Å²) >= 11 is 0. The van der Waals surface area contributed by atoms with Crippen LogP contribution in [-0.4, -0.2) is 89.8 Å². The van der Waals surface area contributed by atoms with Crippen molar-refractivity contribution in [3.63, 3.8) is 0 Å². The van der Waals surface area contributed by atoms with Crippen molar-refractivity contribution in [2.24, 2.45) is 5.41 Å². The van der Waals surface area contributed by atoms with Crippen molar-refractivity contribution < 1.29 is 52.8 Å². The number of aromatic nitrogens is 1. The lowest BCUT2D eigenvalue weighted by molar-refractivity contribution is -0.128. The van der Waals surface area contributed by atoms with E-state index in [4.69, 9.17) is 14.2 Å². The number of methoxy groups -OCH3 is 1. The van der Waals surface area contributed by atoms with E-state index < -0.39 is 68.3 Å². The summed E-state index contributed by atoms with van der Waals surface area (Å²) in [5.41, 5.74) is -0.954. The van der Waals surface area contributed by atoms with Crippen molar-refractivity contribution in [1.82, 2.24) is 20.1 Å². The number of halogens is 5. The number of hydrogen-bond donors (Lipinski definition) is 1. The molecule has 2 fully saturated rings. The molecule has 0 bridgehead atoms. The molecular formula is C39H48F5N5O7S. The molecular weight excluding hydrogens is 778 g/mol. The number of nitrogens with zero attached hydrogens (tertiary/aromatic N) is 4. The predicted molar refractivity (Wildman–Crippen MR) is 203 cm³/mol. The van der Waals surface area contributed by atoms with Gasteiger partial charge < -0.3 is 24.4 Å². The number of carbonyl (C=O) groups excluding carboxylic acids is 4. The van der Waals surface area contributed by atoms with Crippen molar-refractivity contribution in [2.75, 3.05) is 38.2 Å². The Morgan fingerprint density at radius 1 is 0.982 bits per heavy atom. The number of rotatable bonds is 11. The molecule has 2 aromatic carbocycles. The zero-order valence-electron chi connectivity index (χ0n) is 32.3. The highest BCUT2D eigenvalue weighted by Crippen LogP contribution is 3.02. The first-order valence-electron chi connectivity index (χ1n) is 18.3. The standard InChI is InChI=1S/C39H48F5N5O7S/c1-38(2,3)56-36(52)47-20-10-18-39(4,26-47)25-46-34(50)33(28-13-9-19-45-22-28)49(29-14-16-31(17-15-29)57(40,41,42,43)44)35(51)32-21-30(54-5)23-48(32)37(53)55-24-27-11-7-6-8-12-27/h6-9,11-17,19,22,30,32-33H,10,18,20-21,23-26H2,1-5H3,(H,46,50)/t30-,32-,33?,39?/m1/s1. The van der Waals surface area contributed by atoms with Gasteiger partial charge in [-0.2, -0.15) is 0 Å². The normalized spacial score (nSPS) is 21.8. The van der Waals surface area contributed by atoms with Crippen molar-refractivity contribution in [1.29, 1.82) is 0 Å². The molecule has 0 spiro atoms. The number of nitrogens with one attached hydrogen (secondary N) is 1. The number of pyridine rings is 1. The van der Waals surface area contributed by atoms with E-state index in [2.05, 4.69) is 10.3 Å². The number of likely N-dealkylation sites (tertiary alicyclic amines) is 2. The topological polar surface area (TPSA) is 131 Å². The Kier molecular flexibility index (Phi) is 11.9. The number of carbonyl (C=O) groups is 4. The minimum absolute atomic E-state index is 0.000191. The molecule has 1 aromatic heterocycles. The first kappa shape index (κ1) is 43.2. The summed E-state index contributed by atoms with van der Waals surface area (Å²) in [6.45, 7) is 7.52. The molecule has 3 aromatic rings. The monoisotopic (exact) mass is 825 g/mol. The Hall–Kier alpha value is -4.97. The Labute approximate surface area is 328 Å². The molecule has 0 aliphatic carbocycles. The van der Waals surface area contributed by atoms with E-state index in [-0.39, 0.29) is 56.0 Å². The van der Waals surface area contributed by atoms with Crippen molar-refractivity contribution in [3.8, 4) is 0 Å². The maximum absolute atomic E-state index is 14.9. The molecule has 4 atom stereocenters. The van der Waals surface area contributed by atoms with Crippen LogP contribution in [0, 0.1) is 5.41 Å². The fraction of sp³-hybridized carbons (Fsp3) is 0.462. The van der Waals surface area contributed by atoms with Gasteiger partial charge in [0.25, 0.3) is 5.91 Å². The molecule has 4 amide bonds. The summed E-state index contributed by atoms with van der Waals surface area (Å²) in [5, 5.41) is 2.87. The number of piperidine rings is 1. The van der Waals surface area contributed by atoms with E-state index in [0.29, 0.717) is 37.1 Å². The maximum atomic E-state index is 14.9. The second kappa shape index (κ2) is 15.8. The van der Waals surface area contributed by atoms with Crippen LogP contribution >= 0.6 is 10.2 Å². The van der Waals surface area contributed by atoms with Gasteiger partial charge in [-0.1, -0.05) is 62.8 Å². The zero-order chi connectivity index (χ0) is 41.9. The third-order valence-electron chi connectivity index (χ3n) is 9.75. The van der Waals surface area contributed by atoms with Crippen LogP contribution in [0.2, 0.25) is 0 Å². The third kappa shape index (κ3) is 11.1. The highest BCUT2D eigenvalue weighted by atomic mass is 32.5. The lowest BCUT2D eigenvalue weighted by Gasteiger charge is -2.42. The molecule has 12 nitrogen and oxygen atoms in total. The second-order valence-electron chi connectivity index (χ2n) is 15.7. The molecule has 2 aliphatic heterocycles. The van der Waals surface area contributed by atoms with Gasteiger partial charge >= 0.3 is 22.4 Å². The summed E-state index contributed by atoms with van der Waals surface area (Å²) in [7, 11) is -8.77.